The van der Waals surface area contributed by atoms with E-state index >= 15 is 0 Å². The van der Waals surface area contributed by atoms with Gasteiger partial charge in [-0.2, -0.15) is 0 Å². The summed E-state index contributed by atoms with van der Waals surface area (Å²) in [7, 11) is 3.38. The van der Waals surface area contributed by atoms with E-state index in [9.17, 15) is 9.59 Å². The van der Waals surface area contributed by atoms with Crippen LogP contribution in [0, 0.1) is 0 Å². The number of likely N-dealkylation sites (N-methyl/N-ethyl adjacent to an activating group) is 1. The molecule has 0 aliphatic carbocycles. The Hall–Kier alpha value is -1.98. The van der Waals surface area contributed by atoms with Gasteiger partial charge in [0.1, 0.15) is 12.2 Å². The Bertz CT molecular complexity index is 494. The SMILES string of the molecule is CCCN(CC(=O)N(C)C)C(=O)c1cc(N)cn1CCC. The largest absolute Gasteiger partial charge is 0.397 e. The van der Waals surface area contributed by atoms with Crippen molar-refractivity contribution >= 4 is 17.5 Å². The van der Waals surface area contributed by atoms with Crippen LogP contribution in [0.25, 0.3) is 0 Å². The summed E-state index contributed by atoms with van der Waals surface area (Å²) in [6, 6.07) is 1.68. The van der Waals surface area contributed by atoms with Gasteiger partial charge in [-0.3, -0.25) is 9.59 Å². The van der Waals surface area contributed by atoms with Crippen LogP contribution in [-0.2, 0) is 11.3 Å². The molecule has 1 aromatic heterocycles. The molecule has 0 bridgehead atoms. The molecule has 0 spiro atoms. The molecule has 6 heteroatoms. The summed E-state index contributed by atoms with van der Waals surface area (Å²) in [6.45, 7) is 5.41. The second-order valence-electron chi connectivity index (χ2n) is 5.37. The summed E-state index contributed by atoms with van der Waals surface area (Å²) in [5, 5.41) is 0. The number of nitrogens with two attached hydrogens (primary N) is 1. The summed E-state index contributed by atoms with van der Waals surface area (Å²) in [4.78, 5) is 27.6. The van der Waals surface area contributed by atoms with Crippen LogP contribution in [0.1, 0.15) is 37.2 Å². The number of rotatable bonds is 7. The third-order valence-electron chi connectivity index (χ3n) is 3.21. The average Bonchev–Trinajstić information content (AvgIpc) is 2.78. The molecule has 6 nitrogen and oxygen atoms in total. The fourth-order valence-electron chi connectivity index (χ4n) is 2.13. The second kappa shape index (κ2) is 7.71. The van der Waals surface area contributed by atoms with Crippen molar-refractivity contribution in [1.82, 2.24) is 14.4 Å². The highest BCUT2D eigenvalue weighted by Crippen LogP contribution is 2.14. The minimum atomic E-state index is -0.141. The molecule has 2 amide bonds. The summed E-state index contributed by atoms with van der Waals surface area (Å²) in [5.74, 6) is -0.226. The zero-order valence-electron chi connectivity index (χ0n) is 13.4. The van der Waals surface area contributed by atoms with E-state index in [0.29, 0.717) is 17.9 Å². The van der Waals surface area contributed by atoms with Crippen LogP contribution in [0.5, 0.6) is 0 Å². The number of carbonyl (C=O) groups is 2. The Morgan fingerprint density at radius 1 is 1.24 bits per heavy atom. The number of amides is 2. The van der Waals surface area contributed by atoms with Gasteiger partial charge < -0.3 is 20.1 Å². The predicted molar refractivity (Wildman–Crippen MR) is 84.0 cm³/mol. The third kappa shape index (κ3) is 4.51. The van der Waals surface area contributed by atoms with Gasteiger partial charge in [-0.25, -0.2) is 0 Å². The van der Waals surface area contributed by atoms with Gasteiger partial charge in [0.15, 0.2) is 0 Å². The number of hydrogen-bond donors (Lipinski definition) is 1. The molecule has 0 aliphatic heterocycles. The Morgan fingerprint density at radius 3 is 2.43 bits per heavy atom. The second-order valence-corrected chi connectivity index (χ2v) is 5.37. The van der Waals surface area contributed by atoms with Crippen molar-refractivity contribution in [1.29, 1.82) is 0 Å². The van der Waals surface area contributed by atoms with Crippen molar-refractivity contribution in [2.45, 2.75) is 33.2 Å². The molecule has 0 aliphatic rings. The highest BCUT2D eigenvalue weighted by atomic mass is 16.2. The van der Waals surface area contributed by atoms with Crippen molar-refractivity contribution in [2.24, 2.45) is 0 Å². The lowest BCUT2D eigenvalue weighted by Crippen LogP contribution is -2.41. The molecule has 0 unspecified atom stereocenters. The van der Waals surface area contributed by atoms with Gasteiger partial charge in [-0.15, -0.1) is 0 Å². The maximum atomic E-state index is 12.7. The summed E-state index contributed by atoms with van der Waals surface area (Å²) in [6.07, 6.45) is 3.49. The molecule has 1 aromatic rings. The molecule has 0 aromatic carbocycles. The van der Waals surface area contributed by atoms with E-state index in [-0.39, 0.29) is 18.4 Å². The van der Waals surface area contributed by atoms with Gasteiger partial charge in [0.25, 0.3) is 5.91 Å². The van der Waals surface area contributed by atoms with Crippen molar-refractivity contribution in [3.63, 3.8) is 0 Å². The van der Waals surface area contributed by atoms with Crippen LogP contribution in [0.2, 0.25) is 0 Å². The smallest absolute Gasteiger partial charge is 0.271 e. The highest BCUT2D eigenvalue weighted by molar-refractivity contribution is 5.96. The highest BCUT2D eigenvalue weighted by Gasteiger charge is 2.22. The quantitative estimate of drug-likeness (QED) is 0.826. The molecule has 1 rings (SSSR count). The van der Waals surface area contributed by atoms with Crippen molar-refractivity contribution in [2.75, 3.05) is 32.9 Å². The lowest BCUT2D eigenvalue weighted by Gasteiger charge is -2.23. The Kier molecular flexibility index (Phi) is 6.27. The molecule has 0 radical (unpaired) electrons. The van der Waals surface area contributed by atoms with Gasteiger partial charge in [0.2, 0.25) is 5.91 Å². The summed E-state index contributed by atoms with van der Waals surface area (Å²) < 4.78 is 1.86. The normalized spacial score (nSPS) is 10.5. The van der Waals surface area contributed by atoms with E-state index in [0.717, 1.165) is 19.4 Å². The molecule has 0 fully saturated rings. The number of anilines is 1. The zero-order chi connectivity index (χ0) is 16.0. The van der Waals surface area contributed by atoms with Crippen molar-refractivity contribution < 1.29 is 9.59 Å². The number of aromatic nitrogens is 1. The first-order valence-electron chi connectivity index (χ1n) is 7.35. The molecular formula is C15H26N4O2. The van der Waals surface area contributed by atoms with Crippen LogP contribution in [0.4, 0.5) is 5.69 Å². The number of carbonyl (C=O) groups excluding carboxylic acids is 2. The maximum Gasteiger partial charge on any atom is 0.271 e. The predicted octanol–water partition coefficient (Wildman–Crippen LogP) is 1.42. The fraction of sp³-hybridized carbons (Fsp3) is 0.600. The fourth-order valence-corrected chi connectivity index (χ4v) is 2.13. The minimum absolute atomic E-state index is 0.0848. The van der Waals surface area contributed by atoms with Gasteiger partial charge in [0.05, 0.1) is 5.69 Å². The first-order chi connectivity index (χ1) is 9.90. The van der Waals surface area contributed by atoms with Gasteiger partial charge >= 0.3 is 0 Å². The van der Waals surface area contributed by atoms with E-state index in [1.807, 2.05) is 18.4 Å². The Morgan fingerprint density at radius 2 is 1.90 bits per heavy atom. The van der Waals surface area contributed by atoms with E-state index in [4.69, 9.17) is 5.73 Å². The number of hydrogen-bond acceptors (Lipinski definition) is 3. The topological polar surface area (TPSA) is 71.6 Å². The summed E-state index contributed by atoms with van der Waals surface area (Å²) >= 11 is 0. The molecule has 0 atom stereocenters. The van der Waals surface area contributed by atoms with Crippen molar-refractivity contribution in [3.8, 4) is 0 Å². The molecule has 118 valence electrons. The van der Waals surface area contributed by atoms with E-state index in [1.165, 1.54) is 4.90 Å². The molecule has 2 N–H and O–H groups in total. The standard InChI is InChI=1S/C15H26N4O2/c1-5-7-18-10-12(16)9-13(18)15(21)19(8-6-2)11-14(20)17(3)4/h9-10H,5-8,11,16H2,1-4H3. The lowest BCUT2D eigenvalue weighted by molar-refractivity contribution is -0.129. The minimum Gasteiger partial charge on any atom is -0.397 e. The number of nitrogens with zero attached hydrogens (tertiary/aromatic N) is 3. The van der Waals surface area contributed by atoms with Crippen molar-refractivity contribution in [3.05, 3.63) is 18.0 Å². The van der Waals surface area contributed by atoms with Gasteiger partial charge in [0, 0.05) is 33.4 Å². The molecule has 0 saturated heterocycles. The van der Waals surface area contributed by atoms with E-state index in [1.54, 1.807) is 31.3 Å². The van der Waals surface area contributed by atoms with Crippen LogP contribution in [-0.4, -0.2) is 53.4 Å². The first kappa shape index (κ1) is 17.1. The molecule has 21 heavy (non-hydrogen) atoms. The van der Waals surface area contributed by atoms with E-state index < -0.39 is 0 Å². The van der Waals surface area contributed by atoms with E-state index in [2.05, 4.69) is 0 Å². The maximum absolute atomic E-state index is 12.7. The number of nitrogen functional groups attached to an aromatic ring is 1. The van der Waals surface area contributed by atoms with Gasteiger partial charge in [-0.1, -0.05) is 13.8 Å². The number of aryl methyl sites for hydroxylation is 1. The average molecular weight is 294 g/mol. The Balaban J connectivity index is 2.97. The van der Waals surface area contributed by atoms with Crippen LogP contribution in [0.15, 0.2) is 12.3 Å². The molecule has 1 heterocycles. The lowest BCUT2D eigenvalue weighted by atomic mass is 10.3. The van der Waals surface area contributed by atoms with Crippen LogP contribution in [0.3, 0.4) is 0 Å². The van der Waals surface area contributed by atoms with Gasteiger partial charge in [-0.05, 0) is 18.9 Å². The third-order valence-corrected chi connectivity index (χ3v) is 3.21. The molecule has 0 saturated carbocycles. The first-order valence-corrected chi connectivity index (χ1v) is 7.35. The Labute approximate surface area is 126 Å². The summed E-state index contributed by atoms with van der Waals surface area (Å²) in [5.41, 5.74) is 6.93. The monoisotopic (exact) mass is 294 g/mol. The van der Waals surface area contributed by atoms with Crippen LogP contribution >= 0.6 is 0 Å². The van der Waals surface area contributed by atoms with Crippen LogP contribution < -0.4 is 5.73 Å². The molecular weight excluding hydrogens is 268 g/mol. The zero-order valence-corrected chi connectivity index (χ0v) is 13.4.